The molecule has 1 heterocycles. The van der Waals surface area contributed by atoms with Crippen LogP contribution in [0, 0.1) is 0 Å². The van der Waals surface area contributed by atoms with Gasteiger partial charge in [0.25, 0.3) is 5.91 Å². The van der Waals surface area contributed by atoms with Gasteiger partial charge in [0.05, 0.1) is 23.5 Å². The van der Waals surface area contributed by atoms with Gasteiger partial charge in [-0.3, -0.25) is 9.48 Å². The first-order valence-electron chi connectivity index (χ1n) is 5.34. The third-order valence-corrected chi connectivity index (χ3v) is 2.43. The van der Waals surface area contributed by atoms with Crippen molar-refractivity contribution >= 4 is 17.3 Å². The van der Waals surface area contributed by atoms with E-state index in [9.17, 15) is 4.79 Å². The van der Waals surface area contributed by atoms with E-state index >= 15 is 0 Å². The Hall–Kier alpha value is -2.57. The number of para-hydroxylation sites is 1. The summed E-state index contributed by atoms with van der Waals surface area (Å²) in [5.74, 6) is 0.0787. The van der Waals surface area contributed by atoms with E-state index in [1.807, 2.05) is 0 Å². The molecule has 0 aliphatic carbocycles. The zero-order valence-corrected chi connectivity index (χ0v) is 9.92. The molecule has 0 aliphatic heterocycles. The fourth-order valence-electron chi connectivity index (χ4n) is 1.61. The summed E-state index contributed by atoms with van der Waals surface area (Å²) in [6.07, 6.45) is 1.60. The number of carbonyl (C=O) groups is 1. The average Bonchev–Trinajstić information content (AvgIpc) is 2.73. The van der Waals surface area contributed by atoms with E-state index in [1.165, 1.54) is 0 Å². The lowest BCUT2D eigenvalue weighted by Gasteiger charge is -2.11. The SMILES string of the molecule is Cn1cnc(CNc2c(N)cccc2C(N)=O)n1. The fraction of sp³-hybridized carbons (Fsp3) is 0.182. The fourth-order valence-corrected chi connectivity index (χ4v) is 1.61. The summed E-state index contributed by atoms with van der Waals surface area (Å²) in [6, 6.07) is 4.99. The maximum absolute atomic E-state index is 11.3. The molecular formula is C11H14N6O. The number of rotatable bonds is 4. The number of carbonyl (C=O) groups excluding carboxylic acids is 1. The highest BCUT2D eigenvalue weighted by atomic mass is 16.1. The molecule has 2 rings (SSSR count). The van der Waals surface area contributed by atoms with Crippen molar-refractivity contribution in [3.05, 3.63) is 35.9 Å². The van der Waals surface area contributed by atoms with Gasteiger partial charge >= 0.3 is 0 Å². The Balaban J connectivity index is 2.20. The standard InChI is InChI=1S/C11H14N6O/c1-17-6-15-9(16-17)5-14-10-7(11(13)18)3-2-4-8(10)12/h2-4,6,14H,5,12H2,1H3,(H2,13,18). The number of aryl methyl sites for hydroxylation is 1. The Morgan fingerprint density at radius 2 is 2.28 bits per heavy atom. The molecule has 2 aromatic rings. The second-order valence-electron chi connectivity index (χ2n) is 3.82. The molecule has 7 heteroatoms. The Kier molecular flexibility index (Phi) is 3.13. The van der Waals surface area contributed by atoms with Gasteiger partial charge in [0, 0.05) is 7.05 Å². The number of primary amides is 1. The molecule has 0 atom stereocenters. The van der Waals surface area contributed by atoms with Crippen molar-refractivity contribution in [3.8, 4) is 0 Å². The van der Waals surface area contributed by atoms with Crippen LogP contribution in [-0.4, -0.2) is 20.7 Å². The molecule has 0 unspecified atom stereocenters. The Bertz CT molecular complexity index is 577. The second kappa shape index (κ2) is 4.74. The highest BCUT2D eigenvalue weighted by Crippen LogP contribution is 2.23. The Morgan fingerprint density at radius 3 is 2.89 bits per heavy atom. The number of nitrogens with two attached hydrogens (primary N) is 2. The molecule has 5 N–H and O–H groups in total. The van der Waals surface area contributed by atoms with Gasteiger partial charge in [-0.25, -0.2) is 4.98 Å². The number of nitrogens with one attached hydrogen (secondary N) is 1. The summed E-state index contributed by atoms with van der Waals surface area (Å²) < 4.78 is 1.60. The van der Waals surface area contributed by atoms with Crippen LogP contribution in [0.15, 0.2) is 24.5 Å². The lowest BCUT2D eigenvalue weighted by Crippen LogP contribution is -2.16. The molecule has 0 saturated heterocycles. The number of aromatic nitrogens is 3. The van der Waals surface area contributed by atoms with Gasteiger partial charge in [0.1, 0.15) is 6.33 Å². The van der Waals surface area contributed by atoms with E-state index in [0.717, 1.165) is 0 Å². The third-order valence-electron chi connectivity index (χ3n) is 2.43. The van der Waals surface area contributed by atoms with E-state index < -0.39 is 5.91 Å². The van der Waals surface area contributed by atoms with Crippen LogP contribution in [0.4, 0.5) is 11.4 Å². The number of nitrogens with zero attached hydrogens (tertiary/aromatic N) is 3. The van der Waals surface area contributed by atoms with Gasteiger partial charge in [-0.1, -0.05) is 6.07 Å². The number of amides is 1. The first-order valence-corrected chi connectivity index (χ1v) is 5.34. The van der Waals surface area contributed by atoms with Crippen molar-refractivity contribution in [2.75, 3.05) is 11.1 Å². The highest BCUT2D eigenvalue weighted by Gasteiger charge is 2.11. The van der Waals surface area contributed by atoms with Gasteiger partial charge in [-0.15, -0.1) is 0 Å². The molecule has 0 aliphatic rings. The zero-order chi connectivity index (χ0) is 13.1. The summed E-state index contributed by atoms with van der Waals surface area (Å²) in [5, 5.41) is 7.14. The van der Waals surface area contributed by atoms with Crippen molar-refractivity contribution in [1.29, 1.82) is 0 Å². The number of anilines is 2. The summed E-state index contributed by atoms with van der Waals surface area (Å²) in [7, 11) is 1.78. The molecule has 0 fully saturated rings. The van der Waals surface area contributed by atoms with Crippen molar-refractivity contribution in [2.24, 2.45) is 12.8 Å². The minimum atomic E-state index is -0.529. The molecule has 1 aromatic heterocycles. The lowest BCUT2D eigenvalue weighted by atomic mass is 10.1. The quantitative estimate of drug-likeness (QED) is 0.663. The molecule has 1 aromatic carbocycles. The number of hydrogen-bond acceptors (Lipinski definition) is 5. The van der Waals surface area contributed by atoms with E-state index in [1.54, 1.807) is 36.3 Å². The summed E-state index contributed by atoms with van der Waals surface area (Å²) in [5.41, 5.74) is 12.4. The molecule has 94 valence electrons. The second-order valence-corrected chi connectivity index (χ2v) is 3.82. The first kappa shape index (κ1) is 11.9. The largest absolute Gasteiger partial charge is 0.397 e. The van der Waals surface area contributed by atoms with Crippen molar-refractivity contribution in [3.63, 3.8) is 0 Å². The molecule has 7 nitrogen and oxygen atoms in total. The van der Waals surface area contributed by atoms with E-state index in [-0.39, 0.29) is 0 Å². The molecular weight excluding hydrogens is 232 g/mol. The third kappa shape index (κ3) is 2.40. The monoisotopic (exact) mass is 246 g/mol. The number of benzene rings is 1. The highest BCUT2D eigenvalue weighted by molar-refractivity contribution is 6.01. The van der Waals surface area contributed by atoms with Gasteiger partial charge in [0.15, 0.2) is 5.82 Å². The minimum absolute atomic E-state index is 0.353. The van der Waals surface area contributed by atoms with Gasteiger partial charge in [-0.2, -0.15) is 5.10 Å². The smallest absolute Gasteiger partial charge is 0.250 e. The first-order chi connectivity index (χ1) is 8.58. The molecule has 0 saturated carbocycles. The molecule has 0 radical (unpaired) electrons. The minimum Gasteiger partial charge on any atom is -0.397 e. The van der Waals surface area contributed by atoms with Crippen molar-refractivity contribution in [2.45, 2.75) is 6.54 Å². The maximum Gasteiger partial charge on any atom is 0.250 e. The molecule has 1 amide bonds. The summed E-state index contributed by atoms with van der Waals surface area (Å²) in [4.78, 5) is 15.3. The van der Waals surface area contributed by atoms with Gasteiger partial charge in [0.2, 0.25) is 0 Å². The normalized spacial score (nSPS) is 10.3. The number of hydrogen-bond donors (Lipinski definition) is 3. The lowest BCUT2D eigenvalue weighted by molar-refractivity contribution is 0.100. The summed E-state index contributed by atoms with van der Waals surface area (Å²) in [6.45, 7) is 0.370. The number of nitrogen functional groups attached to an aromatic ring is 1. The van der Waals surface area contributed by atoms with Crippen LogP contribution in [0.2, 0.25) is 0 Å². The predicted octanol–water partition coefficient (Wildman–Crippen LogP) is 0.108. The van der Waals surface area contributed by atoms with E-state index in [0.29, 0.717) is 29.3 Å². The molecule has 18 heavy (non-hydrogen) atoms. The van der Waals surface area contributed by atoms with Crippen molar-refractivity contribution < 1.29 is 4.79 Å². The molecule has 0 spiro atoms. The van der Waals surface area contributed by atoms with Crippen LogP contribution in [0.1, 0.15) is 16.2 Å². The van der Waals surface area contributed by atoms with Crippen LogP contribution in [0.25, 0.3) is 0 Å². The van der Waals surface area contributed by atoms with Crippen LogP contribution < -0.4 is 16.8 Å². The van der Waals surface area contributed by atoms with Crippen LogP contribution in [0.5, 0.6) is 0 Å². The van der Waals surface area contributed by atoms with Gasteiger partial charge in [-0.05, 0) is 12.1 Å². The van der Waals surface area contributed by atoms with Crippen LogP contribution in [-0.2, 0) is 13.6 Å². The van der Waals surface area contributed by atoms with E-state index in [2.05, 4.69) is 15.4 Å². The maximum atomic E-state index is 11.3. The average molecular weight is 246 g/mol. The summed E-state index contributed by atoms with van der Waals surface area (Å²) >= 11 is 0. The topological polar surface area (TPSA) is 112 Å². The van der Waals surface area contributed by atoms with Crippen LogP contribution >= 0.6 is 0 Å². The Labute approximate surface area is 104 Å². The van der Waals surface area contributed by atoms with Gasteiger partial charge < -0.3 is 16.8 Å². The molecule has 0 bridgehead atoms. The zero-order valence-electron chi connectivity index (χ0n) is 9.92. The Morgan fingerprint density at radius 1 is 1.50 bits per heavy atom. The van der Waals surface area contributed by atoms with Crippen molar-refractivity contribution in [1.82, 2.24) is 14.8 Å². The predicted molar refractivity (Wildman–Crippen MR) is 67.7 cm³/mol. The van der Waals surface area contributed by atoms with Crippen LogP contribution in [0.3, 0.4) is 0 Å². The van der Waals surface area contributed by atoms with E-state index in [4.69, 9.17) is 11.5 Å².